The van der Waals surface area contributed by atoms with E-state index in [1.807, 2.05) is 24.3 Å². The van der Waals surface area contributed by atoms with Gasteiger partial charge in [-0.15, -0.1) is 10.2 Å². The standard InChI is InChI=1S/C16H17ClN4OS/c17-12-3-1-2-4-14(12)23-15-6-5-13(20-21-15)16(22)19-11-7-9-18-10-8-11/h1-6,11,18H,7-10H2,(H,19,22). The maximum atomic E-state index is 12.2. The molecule has 7 heteroatoms. The summed E-state index contributed by atoms with van der Waals surface area (Å²) >= 11 is 7.55. The third-order valence-corrected chi connectivity index (χ3v) is 5.04. The van der Waals surface area contributed by atoms with Crippen molar-refractivity contribution >= 4 is 29.3 Å². The van der Waals surface area contributed by atoms with E-state index in [9.17, 15) is 4.79 Å². The number of rotatable bonds is 4. The zero-order chi connectivity index (χ0) is 16.1. The van der Waals surface area contributed by atoms with Gasteiger partial charge in [0.25, 0.3) is 5.91 Å². The summed E-state index contributed by atoms with van der Waals surface area (Å²) in [6.07, 6.45) is 1.89. The first-order chi connectivity index (χ1) is 11.2. The number of aromatic nitrogens is 2. The smallest absolute Gasteiger partial charge is 0.272 e. The zero-order valence-electron chi connectivity index (χ0n) is 12.5. The number of halogens is 1. The summed E-state index contributed by atoms with van der Waals surface area (Å²) in [5, 5.41) is 15.8. The highest BCUT2D eigenvalue weighted by atomic mass is 35.5. The van der Waals surface area contributed by atoms with Crippen LogP contribution >= 0.6 is 23.4 Å². The third-order valence-electron chi connectivity index (χ3n) is 3.60. The normalized spacial score (nSPS) is 15.3. The highest BCUT2D eigenvalue weighted by Crippen LogP contribution is 2.31. The quantitative estimate of drug-likeness (QED) is 0.889. The van der Waals surface area contributed by atoms with Crippen LogP contribution in [0.2, 0.25) is 5.02 Å². The maximum Gasteiger partial charge on any atom is 0.272 e. The number of carbonyl (C=O) groups excluding carboxylic acids is 1. The first-order valence-electron chi connectivity index (χ1n) is 7.50. The first kappa shape index (κ1) is 16.2. The number of carbonyl (C=O) groups is 1. The van der Waals surface area contributed by atoms with Crippen molar-refractivity contribution in [3.63, 3.8) is 0 Å². The van der Waals surface area contributed by atoms with E-state index in [4.69, 9.17) is 11.6 Å². The summed E-state index contributed by atoms with van der Waals surface area (Å²) in [5.74, 6) is -0.168. The molecule has 2 heterocycles. The minimum atomic E-state index is -0.168. The molecule has 2 N–H and O–H groups in total. The summed E-state index contributed by atoms with van der Waals surface area (Å²) in [6.45, 7) is 1.87. The van der Waals surface area contributed by atoms with E-state index in [1.54, 1.807) is 12.1 Å². The van der Waals surface area contributed by atoms with Gasteiger partial charge in [0.15, 0.2) is 5.69 Å². The molecule has 0 bridgehead atoms. The minimum absolute atomic E-state index is 0.168. The summed E-state index contributed by atoms with van der Waals surface area (Å²) < 4.78 is 0. The van der Waals surface area contributed by atoms with Crippen LogP contribution in [0, 0.1) is 0 Å². The fourth-order valence-corrected chi connectivity index (χ4v) is 3.37. The van der Waals surface area contributed by atoms with Gasteiger partial charge in [-0.25, -0.2) is 0 Å². The van der Waals surface area contributed by atoms with Gasteiger partial charge in [0, 0.05) is 10.9 Å². The van der Waals surface area contributed by atoms with Gasteiger partial charge in [0.05, 0.1) is 5.02 Å². The minimum Gasteiger partial charge on any atom is -0.348 e. The number of nitrogens with zero attached hydrogens (tertiary/aromatic N) is 2. The monoisotopic (exact) mass is 348 g/mol. The Labute approximate surface area is 144 Å². The van der Waals surface area contributed by atoms with Gasteiger partial charge in [-0.1, -0.05) is 35.5 Å². The molecule has 1 amide bonds. The number of benzene rings is 1. The van der Waals surface area contributed by atoms with Crippen molar-refractivity contribution in [3.8, 4) is 0 Å². The Morgan fingerprint density at radius 3 is 2.65 bits per heavy atom. The van der Waals surface area contributed by atoms with E-state index < -0.39 is 0 Å². The molecule has 0 radical (unpaired) electrons. The van der Waals surface area contributed by atoms with Crippen molar-refractivity contribution in [2.45, 2.75) is 28.8 Å². The highest BCUT2D eigenvalue weighted by molar-refractivity contribution is 7.99. The van der Waals surface area contributed by atoms with Crippen LogP contribution in [0.25, 0.3) is 0 Å². The highest BCUT2D eigenvalue weighted by Gasteiger charge is 2.17. The van der Waals surface area contributed by atoms with Gasteiger partial charge in [0.2, 0.25) is 0 Å². The lowest BCUT2D eigenvalue weighted by atomic mass is 10.1. The lowest BCUT2D eigenvalue weighted by Gasteiger charge is -2.23. The molecule has 1 aliphatic rings. The number of piperidine rings is 1. The lowest BCUT2D eigenvalue weighted by molar-refractivity contribution is 0.0923. The maximum absolute atomic E-state index is 12.2. The second-order valence-corrected chi connectivity index (χ2v) is 6.76. The van der Waals surface area contributed by atoms with Gasteiger partial charge in [-0.2, -0.15) is 0 Å². The van der Waals surface area contributed by atoms with E-state index in [0.717, 1.165) is 30.8 Å². The van der Waals surface area contributed by atoms with E-state index >= 15 is 0 Å². The SMILES string of the molecule is O=C(NC1CCNCC1)c1ccc(Sc2ccccc2Cl)nn1. The topological polar surface area (TPSA) is 66.9 Å². The Bertz CT molecular complexity index is 674. The van der Waals surface area contributed by atoms with Crippen LogP contribution in [0.5, 0.6) is 0 Å². The Hall–Kier alpha value is -1.63. The molecule has 5 nitrogen and oxygen atoms in total. The second kappa shape index (κ2) is 7.77. The van der Waals surface area contributed by atoms with Crippen LogP contribution in [0.3, 0.4) is 0 Å². The van der Waals surface area contributed by atoms with Crippen molar-refractivity contribution in [3.05, 3.63) is 47.1 Å². The molecule has 1 aromatic heterocycles. The van der Waals surface area contributed by atoms with E-state index in [2.05, 4.69) is 20.8 Å². The predicted molar refractivity (Wildman–Crippen MR) is 91.0 cm³/mol. The largest absolute Gasteiger partial charge is 0.348 e. The zero-order valence-corrected chi connectivity index (χ0v) is 14.0. The molecule has 3 rings (SSSR count). The van der Waals surface area contributed by atoms with Crippen LogP contribution in [-0.2, 0) is 0 Å². The van der Waals surface area contributed by atoms with Crippen molar-refractivity contribution in [2.24, 2.45) is 0 Å². The van der Waals surface area contributed by atoms with Gasteiger partial charge < -0.3 is 10.6 Å². The summed E-state index contributed by atoms with van der Waals surface area (Å²) in [5.41, 5.74) is 0.340. The molecule has 0 aliphatic carbocycles. The Balaban J connectivity index is 1.62. The number of nitrogens with one attached hydrogen (secondary N) is 2. The summed E-state index contributed by atoms with van der Waals surface area (Å²) in [7, 11) is 0. The van der Waals surface area contributed by atoms with Gasteiger partial charge in [-0.3, -0.25) is 4.79 Å². The van der Waals surface area contributed by atoms with Crippen LogP contribution in [0.15, 0.2) is 46.3 Å². The third kappa shape index (κ3) is 4.43. The lowest BCUT2D eigenvalue weighted by Crippen LogP contribution is -2.42. The summed E-state index contributed by atoms with van der Waals surface area (Å²) in [6, 6.07) is 11.3. The Kier molecular flexibility index (Phi) is 5.48. The van der Waals surface area contributed by atoms with Crippen LogP contribution in [0.4, 0.5) is 0 Å². The molecule has 1 aromatic carbocycles. The molecule has 1 saturated heterocycles. The number of amides is 1. The molecule has 120 valence electrons. The molecule has 23 heavy (non-hydrogen) atoms. The molecular weight excluding hydrogens is 332 g/mol. The molecule has 0 saturated carbocycles. The molecular formula is C16H17ClN4OS. The van der Waals surface area contributed by atoms with E-state index in [1.165, 1.54) is 11.8 Å². The Morgan fingerprint density at radius 2 is 1.96 bits per heavy atom. The van der Waals surface area contributed by atoms with Crippen molar-refractivity contribution < 1.29 is 4.79 Å². The average molecular weight is 349 g/mol. The van der Waals surface area contributed by atoms with Gasteiger partial charge in [-0.05, 0) is 50.2 Å². The summed E-state index contributed by atoms with van der Waals surface area (Å²) in [4.78, 5) is 13.1. The fraction of sp³-hybridized carbons (Fsp3) is 0.312. The van der Waals surface area contributed by atoms with E-state index in [0.29, 0.717) is 15.7 Å². The van der Waals surface area contributed by atoms with Crippen molar-refractivity contribution in [1.82, 2.24) is 20.8 Å². The predicted octanol–water partition coefficient (Wildman–Crippen LogP) is 2.76. The molecule has 1 aliphatic heterocycles. The van der Waals surface area contributed by atoms with Crippen molar-refractivity contribution in [2.75, 3.05) is 13.1 Å². The second-order valence-electron chi connectivity index (χ2n) is 5.29. The van der Waals surface area contributed by atoms with Crippen molar-refractivity contribution in [1.29, 1.82) is 0 Å². The first-order valence-corrected chi connectivity index (χ1v) is 8.69. The molecule has 0 unspecified atom stereocenters. The molecule has 0 atom stereocenters. The fourth-order valence-electron chi connectivity index (χ4n) is 2.36. The molecule has 1 fully saturated rings. The number of hydrogen-bond acceptors (Lipinski definition) is 5. The van der Waals surface area contributed by atoms with Gasteiger partial charge >= 0.3 is 0 Å². The van der Waals surface area contributed by atoms with Crippen LogP contribution in [0.1, 0.15) is 23.3 Å². The molecule has 2 aromatic rings. The number of hydrogen-bond donors (Lipinski definition) is 2. The van der Waals surface area contributed by atoms with Crippen LogP contribution < -0.4 is 10.6 Å². The Morgan fingerprint density at radius 1 is 1.17 bits per heavy atom. The van der Waals surface area contributed by atoms with Crippen LogP contribution in [-0.4, -0.2) is 35.2 Å². The van der Waals surface area contributed by atoms with E-state index in [-0.39, 0.29) is 11.9 Å². The molecule has 0 spiro atoms. The average Bonchev–Trinajstić information content (AvgIpc) is 2.58. The van der Waals surface area contributed by atoms with Gasteiger partial charge in [0.1, 0.15) is 5.03 Å².